The second-order valence-electron chi connectivity index (χ2n) is 8.66. The van der Waals surface area contributed by atoms with E-state index < -0.39 is 11.2 Å². The molecule has 0 saturated carbocycles. The van der Waals surface area contributed by atoms with Gasteiger partial charge in [-0.05, 0) is 30.9 Å². The highest BCUT2D eigenvalue weighted by molar-refractivity contribution is 7.91. The molecule has 1 atom stereocenters. The summed E-state index contributed by atoms with van der Waals surface area (Å²) in [6.07, 6.45) is 4.87. The molecule has 3 aromatic rings. The number of hydrogen-bond acceptors (Lipinski definition) is 4. The fourth-order valence-corrected chi connectivity index (χ4v) is 4.88. The summed E-state index contributed by atoms with van der Waals surface area (Å²) in [7, 11) is 0. The van der Waals surface area contributed by atoms with Crippen LogP contribution in [0.5, 0.6) is 0 Å². The lowest BCUT2D eigenvalue weighted by Gasteiger charge is -2.26. The van der Waals surface area contributed by atoms with Crippen LogP contribution in [0.25, 0.3) is 11.0 Å². The second-order valence-corrected chi connectivity index (χ2v) is 10.1. The van der Waals surface area contributed by atoms with Gasteiger partial charge >= 0.3 is 0 Å². The molecule has 1 aromatic carbocycles. The van der Waals surface area contributed by atoms with Gasteiger partial charge in [-0.3, -0.25) is 0 Å². The van der Waals surface area contributed by atoms with E-state index in [1.54, 1.807) is 12.1 Å². The Morgan fingerprint density at radius 3 is 2.48 bits per heavy atom. The first-order valence-corrected chi connectivity index (χ1v) is 11.2. The van der Waals surface area contributed by atoms with Gasteiger partial charge in [0.2, 0.25) is 0 Å². The quantitative estimate of drug-likeness (QED) is 0.372. The normalized spacial score (nSPS) is 17.0. The number of fused-ring (bicyclic) bond motifs is 1. The molecule has 0 amide bonds. The number of nitrogens with zero attached hydrogens (tertiary/aromatic N) is 3. The van der Waals surface area contributed by atoms with Gasteiger partial charge in [0.15, 0.2) is 22.2 Å². The van der Waals surface area contributed by atoms with E-state index in [1.165, 1.54) is 12.4 Å². The Labute approximate surface area is 174 Å². The lowest BCUT2D eigenvalue weighted by Crippen LogP contribution is -2.25. The van der Waals surface area contributed by atoms with E-state index in [9.17, 15) is 9.76 Å². The van der Waals surface area contributed by atoms with Gasteiger partial charge < -0.3 is 19.1 Å². The van der Waals surface area contributed by atoms with Gasteiger partial charge in [0.1, 0.15) is 5.82 Å². The summed E-state index contributed by atoms with van der Waals surface area (Å²) in [5, 5.41) is 11.3. The molecule has 7 heteroatoms. The van der Waals surface area contributed by atoms with Crippen LogP contribution in [-0.4, -0.2) is 27.3 Å². The maximum absolute atomic E-state index is 13.0. The van der Waals surface area contributed by atoms with Crippen molar-refractivity contribution in [1.29, 1.82) is 0 Å². The van der Waals surface area contributed by atoms with E-state index >= 15 is 0 Å². The zero-order valence-corrected chi connectivity index (χ0v) is 17.9. The minimum atomic E-state index is -1.35. The number of aromatic nitrogens is 3. The highest BCUT2D eigenvalue weighted by atomic mass is 32.2. The highest BCUT2D eigenvalue weighted by Crippen LogP contribution is 2.31. The summed E-state index contributed by atoms with van der Waals surface area (Å²) >= 11 is -1.35. The molecule has 2 aromatic heterocycles. The van der Waals surface area contributed by atoms with Crippen LogP contribution in [0.3, 0.4) is 0 Å². The number of hydrogen-bond donors (Lipinski definition) is 0. The molecule has 3 heterocycles. The molecule has 0 spiro atoms. The Morgan fingerprint density at radius 1 is 1.14 bits per heavy atom. The third-order valence-electron chi connectivity index (χ3n) is 5.37. The SMILES string of the molecule is CC(C)(C)c1nc2cc([S+]([O-])c3cc[n+]([O-])cc3)ccc2n1CC1CCOCC1. The Bertz CT molecular complexity index is 989. The van der Waals surface area contributed by atoms with Crippen molar-refractivity contribution in [3.8, 4) is 0 Å². The number of pyridine rings is 1. The van der Waals surface area contributed by atoms with Gasteiger partial charge in [-0.15, -0.1) is 0 Å². The Morgan fingerprint density at radius 2 is 1.83 bits per heavy atom. The highest BCUT2D eigenvalue weighted by Gasteiger charge is 2.26. The molecular weight excluding hydrogens is 386 g/mol. The number of rotatable bonds is 4. The maximum atomic E-state index is 13.0. The molecule has 0 aliphatic carbocycles. The monoisotopic (exact) mass is 413 g/mol. The van der Waals surface area contributed by atoms with Crippen molar-refractivity contribution >= 4 is 22.2 Å². The van der Waals surface area contributed by atoms with E-state index in [4.69, 9.17) is 9.72 Å². The fourth-order valence-electron chi connectivity index (χ4n) is 3.83. The maximum Gasteiger partial charge on any atom is 0.185 e. The summed E-state index contributed by atoms with van der Waals surface area (Å²) in [5.41, 5.74) is 1.85. The average Bonchev–Trinajstić information content (AvgIpc) is 3.07. The van der Waals surface area contributed by atoms with Crippen molar-refractivity contribution in [2.75, 3.05) is 13.2 Å². The van der Waals surface area contributed by atoms with Crippen molar-refractivity contribution in [2.24, 2.45) is 5.92 Å². The topological polar surface area (TPSA) is 77.0 Å². The van der Waals surface area contributed by atoms with Crippen LogP contribution in [0.15, 0.2) is 52.5 Å². The summed E-state index contributed by atoms with van der Waals surface area (Å²) in [6, 6.07) is 9.04. The van der Waals surface area contributed by atoms with Gasteiger partial charge in [-0.25, -0.2) is 4.98 Å². The van der Waals surface area contributed by atoms with Crippen molar-refractivity contribution in [1.82, 2.24) is 9.55 Å². The minimum Gasteiger partial charge on any atom is -0.619 e. The third-order valence-corrected chi connectivity index (χ3v) is 6.75. The molecule has 154 valence electrons. The van der Waals surface area contributed by atoms with Gasteiger partial charge in [0.05, 0.1) is 23.2 Å². The molecule has 1 aliphatic heterocycles. The fraction of sp³-hybridized carbons (Fsp3) is 0.455. The number of imidazole rings is 1. The standard InChI is InChI=1S/C22H27N3O3S/c1-22(2,3)21-23-19-14-18(29(27)17-6-10-24(26)11-7-17)4-5-20(19)25(21)15-16-8-12-28-13-9-16/h4-7,10-11,14,16H,8-9,12-13,15H2,1-3H3. The molecule has 0 N–H and O–H groups in total. The first-order valence-electron chi connectivity index (χ1n) is 10.0. The molecule has 1 unspecified atom stereocenters. The summed E-state index contributed by atoms with van der Waals surface area (Å²) < 4.78 is 21.5. The van der Waals surface area contributed by atoms with Gasteiger partial charge in [0, 0.05) is 42.4 Å². The first kappa shape index (κ1) is 20.2. The van der Waals surface area contributed by atoms with Crippen molar-refractivity contribution in [3.63, 3.8) is 0 Å². The number of ether oxygens (including phenoxy) is 1. The van der Waals surface area contributed by atoms with E-state index in [2.05, 4.69) is 25.3 Å². The zero-order chi connectivity index (χ0) is 20.6. The Kier molecular flexibility index (Phi) is 5.55. The zero-order valence-electron chi connectivity index (χ0n) is 17.1. The predicted octanol–water partition coefficient (Wildman–Crippen LogP) is 3.56. The second kappa shape index (κ2) is 7.97. The largest absolute Gasteiger partial charge is 0.619 e. The van der Waals surface area contributed by atoms with E-state index in [0.29, 0.717) is 20.4 Å². The third kappa shape index (κ3) is 4.27. The first-order chi connectivity index (χ1) is 13.8. The van der Waals surface area contributed by atoms with E-state index in [1.807, 2.05) is 18.2 Å². The molecule has 1 fully saturated rings. The molecule has 1 aliphatic rings. The molecule has 1 saturated heterocycles. The lowest BCUT2D eigenvalue weighted by molar-refractivity contribution is -0.605. The van der Waals surface area contributed by atoms with E-state index in [-0.39, 0.29) is 5.41 Å². The van der Waals surface area contributed by atoms with Gasteiger partial charge in [-0.2, -0.15) is 4.73 Å². The lowest BCUT2D eigenvalue weighted by atomic mass is 9.94. The number of benzene rings is 1. The van der Waals surface area contributed by atoms with Crippen LogP contribution in [0, 0.1) is 11.1 Å². The molecular formula is C22H27N3O3S. The van der Waals surface area contributed by atoms with Crippen LogP contribution in [0.1, 0.15) is 39.4 Å². The smallest absolute Gasteiger partial charge is 0.185 e. The average molecular weight is 414 g/mol. The Hall–Kier alpha value is -2.09. The predicted molar refractivity (Wildman–Crippen MR) is 112 cm³/mol. The molecule has 29 heavy (non-hydrogen) atoms. The molecule has 4 rings (SSSR count). The van der Waals surface area contributed by atoms with Crippen LogP contribution in [0.4, 0.5) is 0 Å². The summed E-state index contributed by atoms with van der Waals surface area (Å²) in [6.45, 7) is 9.11. The summed E-state index contributed by atoms with van der Waals surface area (Å²) in [5.74, 6) is 1.63. The van der Waals surface area contributed by atoms with Gasteiger partial charge in [0.25, 0.3) is 0 Å². The minimum absolute atomic E-state index is 0.0926. The molecule has 6 nitrogen and oxygen atoms in total. The van der Waals surface area contributed by atoms with Crippen LogP contribution < -0.4 is 4.73 Å². The molecule has 0 bridgehead atoms. The van der Waals surface area contributed by atoms with Crippen LogP contribution in [-0.2, 0) is 27.9 Å². The summed E-state index contributed by atoms with van der Waals surface area (Å²) in [4.78, 5) is 6.24. The molecule has 0 radical (unpaired) electrons. The van der Waals surface area contributed by atoms with Crippen LogP contribution >= 0.6 is 0 Å². The van der Waals surface area contributed by atoms with E-state index in [0.717, 1.165) is 49.5 Å². The Balaban J connectivity index is 1.72. The van der Waals surface area contributed by atoms with Crippen molar-refractivity contribution in [2.45, 2.75) is 55.4 Å². The van der Waals surface area contributed by atoms with Crippen molar-refractivity contribution < 1.29 is 14.0 Å². The van der Waals surface area contributed by atoms with Crippen molar-refractivity contribution in [3.05, 3.63) is 53.8 Å². The van der Waals surface area contributed by atoms with Crippen LogP contribution in [0.2, 0.25) is 0 Å². The van der Waals surface area contributed by atoms with Gasteiger partial charge in [-0.1, -0.05) is 20.8 Å².